The molecular weight excluding hydrogens is 456 g/mol. The van der Waals surface area contributed by atoms with Crippen LogP contribution in [-0.2, 0) is 6.18 Å². The van der Waals surface area contributed by atoms with Crippen LogP contribution in [0.25, 0.3) is 11.0 Å². The van der Waals surface area contributed by atoms with Crippen molar-refractivity contribution in [1.29, 1.82) is 5.26 Å². The first-order valence-electron chi connectivity index (χ1n) is 10.3. The number of H-pyrrole nitrogens is 1. The molecule has 4 heterocycles. The van der Waals surface area contributed by atoms with E-state index in [1.807, 2.05) is 6.07 Å². The summed E-state index contributed by atoms with van der Waals surface area (Å²) in [5.74, 6) is -0.375. The van der Waals surface area contributed by atoms with Gasteiger partial charge in [0, 0.05) is 12.1 Å². The highest BCUT2D eigenvalue weighted by atomic mass is 19.4. The summed E-state index contributed by atoms with van der Waals surface area (Å²) in [6.07, 6.45) is 0.264. The Labute approximate surface area is 188 Å². The van der Waals surface area contributed by atoms with Gasteiger partial charge in [-0.1, -0.05) is 6.07 Å². The lowest BCUT2D eigenvalue weighted by Gasteiger charge is -2.35. The average Bonchev–Trinajstić information content (AvgIpc) is 3.35. The molecule has 0 radical (unpaired) electrons. The van der Waals surface area contributed by atoms with Crippen LogP contribution in [-0.4, -0.2) is 34.5 Å². The summed E-state index contributed by atoms with van der Waals surface area (Å²) in [6.45, 7) is 1.65. The second kappa shape index (κ2) is 7.75. The normalized spacial score (nSPS) is 19.1. The number of hydrogen-bond acceptors (Lipinski definition) is 6. The third-order valence-corrected chi connectivity index (χ3v) is 6.11. The monoisotopic (exact) mass is 472 g/mol. The molecule has 5 rings (SSSR count). The van der Waals surface area contributed by atoms with Gasteiger partial charge in [-0.15, -0.1) is 0 Å². The van der Waals surface area contributed by atoms with E-state index in [9.17, 15) is 27.6 Å². The topological polar surface area (TPSA) is 118 Å². The fourth-order valence-electron chi connectivity index (χ4n) is 4.16. The molecule has 1 aliphatic rings. The molecule has 1 saturated carbocycles. The van der Waals surface area contributed by atoms with E-state index in [-0.39, 0.29) is 28.7 Å². The number of hydrogen-bond donors (Lipinski definition) is 1. The van der Waals surface area contributed by atoms with Crippen LogP contribution in [0.1, 0.15) is 60.5 Å². The minimum atomic E-state index is -4.57. The zero-order valence-electron chi connectivity index (χ0n) is 17.6. The van der Waals surface area contributed by atoms with Crippen molar-refractivity contribution in [3.63, 3.8) is 0 Å². The van der Waals surface area contributed by atoms with E-state index in [4.69, 9.17) is 0 Å². The highest BCUT2D eigenvalue weighted by molar-refractivity contribution is 5.80. The Hall–Kier alpha value is -4.08. The Balaban J connectivity index is 1.57. The third kappa shape index (κ3) is 3.51. The molecular formula is C21H16F4N8O. The number of pyridine rings is 1. The Kier molecular flexibility index (Phi) is 4.96. The lowest BCUT2D eigenvalue weighted by atomic mass is 9.79. The van der Waals surface area contributed by atoms with E-state index < -0.39 is 29.3 Å². The van der Waals surface area contributed by atoms with Gasteiger partial charge in [0.25, 0.3) is 5.56 Å². The number of nitrogens with one attached hydrogen (secondary N) is 1. The van der Waals surface area contributed by atoms with Crippen molar-refractivity contribution >= 4 is 11.0 Å². The molecule has 4 aromatic heterocycles. The molecule has 0 bridgehead atoms. The van der Waals surface area contributed by atoms with E-state index in [1.54, 1.807) is 6.92 Å². The van der Waals surface area contributed by atoms with Gasteiger partial charge in [-0.25, -0.2) is 14.1 Å². The quantitative estimate of drug-likeness (QED) is 0.455. The second-order valence-corrected chi connectivity index (χ2v) is 8.10. The fourth-order valence-corrected chi connectivity index (χ4v) is 4.16. The Bertz CT molecular complexity index is 1480. The summed E-state index contributed by atoms with van der Waals surface area (Å²) in [4.78, 5) is 23.6. The van der Waals surface area contributed by atoms with Crippen LogP contribution in [0, 0.1) is 17.1 Å². The summed E-state index contributed by atoms with van der Waals surface area (Å²) in [7, 11) is 0. The van der Waals surface area contributed by atoms with Crippen molar-refractivity contribution < 1.29 is 17.6 Å². The van der Waals surface area contributed by atoms with Crippen molar-refractivity contribution in [3.8, 4) is 6.07 Å². The molecule has 0 amide bonds. The van der Waals surface area contributed by atoms with Gasteiger partial charge in [-0.05, 0) is 31.4 Å². The Morgan fingerprint density at radius 3 is 2.62 bits per heavy atom. The van der Waals surface area contributed by atoms with Gasteiger partial charge in [0.15, 0.2) is 17.2 Å². The van der Waals surface area contributed by atoms with Crippen molar-refractivity contribution in [2.24, 2.45) is 0 Å². The van der Waals surface area contributed by atoms with E-state index in [0.717, 1.165) is 18.5 Å². The largest absolute Gasteiger partial charge is 0.433 e. The molecule has 13 heteroatoms. The molecule has 0 unspecified atom stereocenters. The van der Waals surface area contributed by atoms with Gasteiger partial charge in [0.05, 0.1) is 24.5 Å². The molecule has 1 N–H and O–H groups in total. The van der Waals surface area contributed by atoms with Crippen LogP contribution < -0.4 is 5.56 Å². The standard InChI is InChI=1S/C21H16F4N8O/c1-10(11-2-5-16(27-7-11)21(23,24)25)33-19-17(14(6-26)31-33)20(34)30-18(29-19)13-3-4-15(13)32-9-12(22)8-28-32/h2,5,7-10,13,15H,3-4H2,1H3,(H,29,30,34)/t10-,13-,15-/m1/s1. The van der Waals surface area contributed by atoms with E-state index in [1.165, 1.54) is 21.6 Å². The minimum absolute atomic E-state index is 0.0148. The van der Waals surface area contributed by atoms with E-state index in [2.05, 4.69) is 25.1 Å². The van der Waals surface area contributed by atoms with Crippen LogP contribution in [0.4, 0.5) is 17.6 Å². The zero-order valence-corrected chi connectivity index (χ0v) is 17.6. The highest BCUT2D eigenvalue weighted by Crippen LogP contribution is 2.44. The molecule has 1 aliphatic carbocycles. The zero-order chi connectivity index (χ0) is 24.2. The van der Waals surface area contributed by atoms with Gasteiger partial charge >= 0.3 is 6.18 Å². The summed E-state index contributed by atoms with van der Waals surface area (Å²) in [5.41, 5.74) is -1.23. The van der Waals surface area contributed by atoms with Crippen LogP contribution >= 0.6 is 0 Å². The number of alkyl halides is 3. The first-order chi connectivity index (χ1) is 16.2. The summed E-state index contributed by atoms with van der Waals surface area (Å²) < 4.78 is 54.8. The smallest absolute Gasteiger partial charge is 0.309 e. The van der Waals surface area contributed by atoms with Gasteiger partial charge in [0.1, 0.15) is 23.0 Å². The lowest BCUT2D eigenvalue weighted by Crippen LogP contribution is -2.30. The first kappa shape index (κ1) is 21.7. The number of nitrogens with zero attached hydrogens (tertiary/aromatic N) is 7. The SMILES string of the molecule is C[C@H](c1ccc(C(F)(F)F)nc1)n1nc(C#N)c2c(=O)[nH]c([C@@H]3CC[C@H]3n3cc(F)cn3)nc21. The van der Waals surface area contributed by atoms with Gasteiger partial charge in [-0.2, -0.15) is 28.6 Å². The molecule has 4 aromatic rings. The Morgan fingerprint density at radius 2 is 2.06 bits per heavy atom. The first-order valence-corrected chi connectivity index (χ1v) is 10.3. The number of aromatic amines is 1. The third-order valence-electron chi connectivity index (χ3n) is 6.11. The predicted molar refractivity (Wildman–Crippen MR) is 109 cm³/mol. The molecule has 174 valence electrons. The minimum Gasteiger partial charge on any atom is -0.309 e. The van der Waals surface area contributed by atoms with Gasteiger partial charge in [-0.3, -0.25) is 14.5 Å². The maximum Gasteiger partial charge on any atom is 0.433 e. The summed E-state index contributed by atoms with van der Waals surface area (Å²) >= 11 is 0. The number of halogens is 4. The van der Waals surface area contributed by atoms with E-state index >= 15 is 0 Å². The summed E-state index contributed by atoms with van der Waals surface area (Å²) in [6, 6.07) is 3.12. The molecule has 0 spiro atoms. The fraction of sp³-hybridized carbons (Fsp3) is 0.333. The predicted octanol–water partition coefficient (Wildman–Crippen LogP) is 3.47. The number of fused-ring (bicyclic) bond motifs is 1. The molecule has 0 aliphatic heterocycles. The maximum atomic E-state index is 13.4. The van der Waals surface area contributed by atoms with Gasteiger partial charge in [0.2, 0.25) is 0 Å². The van der Waals surface area contributed by atoms with Crippen LogP contribution in [0.15, 0.2) is 35.5 Å². The molecule has 9 nitrogen and oxygen atoms in total. The van der Waals surface area contributed by atoms with Crippen molar-refractivity contribution in [3.05, 3.63) is 69.7 Å². The molecule has 3 atom stereocenters. The molecule has 0 aromatic carbocycles. The number of aromatic nitrogens is 7. The van der Waals surface area contributed by atoms with Crippen molar-refractivity contribution in [2.75, 3.05) is 0 Å². The average molecular weight is 472 g/mol. The lowest BCUT2D eigenvalue weighted by molar-refractivity contribution is -0.141. The van der Waals surface area contributed by atoms with Gasteiger partial charge < -0.3 is 4.98 Å². The van der Waals surface area contributed by atoms with Crippen molar-refractivity contribution in [1.82, 2.24) is 34.5 Å². The van der Waals surface area contributed by atoms with Crippen LogP contribution in [0.2, 0.25) is 0 Å². The number of nitriles is 1. The maximum absolute atomic E-state index is 13.4. The van der Waals surface area contributed by atoms with E-state index in [0.29, 0.717) is 24.2 Å². The molecule has 1 fully saturated rings. The Morgan fingerprint density at radius 1 is 1.26 bits per heavy atom. The highest BCUT2D eigenvalue weighted by Gasteiger charge is 2.37. The number of rotatable bonds is 4. The van der Waals surface area contributed by atoms with Crippen molar-refractivity contribution in [2.45, 2.75) is 43.9 Å². The molecule has 34 heavy (non-hydrogen) atoms. The summed E-state index contributed by atoms with van der Waals surface area (Å²) in [5, 5.41) is 17.7. The van der Waals surface area contributed by atoms with Crippen LogP contribution in [0.3, 0.4) is 0 Å². The van der Waals surface area contributed by atoms with Crippen LogP contribution in [0.5, 0.6) is 0 Å². The molecule has 0 saturated heterocycles. The second-order valence-electron chi connectivity index (χ2n) is 8.10.